The van der Waals surface area contributed by atoms with Crippen molar-refractivity contribution in [1.29, 1.82) is 0 Å². The molecule has 4 nitrogen and oxygen atoms in total. The normalized spacial score (nSPS) is 10.7. The molecule has 0 aliphatic heterocycles. The highest BCUT2D eigenvalue weighted by Crippen LogP contribution is 2.33. The van der Waals surface area contributed by atoms with Crippen molar-refractivity contribution in [2.75, 3.05) is 13.7 Å². The predicted octanol–water partition coefficient (Wildman–Crippen LogP) is 3.55. The number of methoxy groups -OCH3 is 1. The maximum Gasteiger partial charge on any atom is 0.127 e. The number of aromatic nitrogens is 2. The van der Waals surface area contributed by atoms with Crippen LogP contribution in [0.15, 0.2) is 54.9 Å². The van der Waals surface area contributed by atoms with Crippen LogP contribution in [0, 0.1) is 0 Å². The predicted molar refractivity (Wildman–Crippen MR) is 93.7 cm³/mol. The molecule has 0 bridgehead atoms. The minimum atomic E-state index is 0.770. The number of hydrogen-bond donors (Lipinski definition) is 1. The van der Waals surface area contributed by atoms with E-state index in [-0.39, 0.29) is 0 Å². The highest BCUT2D eigenvalue weighted by molar-refractivity contribution is 7.15. The first-order valence-corrected chi connectivity index (χ1v) is 8.37. The second kappa shape index (κ2) is 7.85. The number of hydrogen-bond acceptors (Lipinski definition) is 5. The molecule has 0 aliphatic carbocycles. The zero-order chi connectivity index (χ0) is 15.9. The molecular formula is C18H19N3OS. The Kier molecular flexibility index (Phi) is 5.34. The minimum absolute atomic E-state index is 0.770. The van der Waals surface area contributed by atoms with Gasteiger partial charge in [-0.1, -0.05) is 18.2 Å². The van der Waals surface area contributed by atoms with E-state index in [9.17, 15) is 0 Å². The summed E-state index contributed by atoms with van der Waals surface area (Å²) in [5.41, 5.74) is 2.20. The molecule has 1 aromatic carbocycles. The first-order valence-electron chi connectivity index (χ1n) is 7.55. The molecule has 3 rings (SSSR count). The lowest BCUT2D eigenvalue weighted by Gasteiger charge is -2.05. The third-order valence-corrected chi connectivity index (χ3v) is 4.52. The van der Waals surface area contributed by atoms with Gasteiger partial charge >= 0.3 is 0 Å². The van der Waals surface area contributed by atoms with Gasteiger partial charge in [-0.3, -0.25) is 4.98 Å². The summed E-state index contributed by atoms with van der Waals surface area (Å²) >= 11 is 1.69. The van der Waals surface area contributed by atoms with Gasteiger partial charge in [-0.15, -0.1) is 11.3 Å². The summed E-state index contributed by atoms with van der Waals surface area (Å²) in [6.45, 7) is 1.66. The molecule has 0 atom stereocenters. The fourth-order valence-corrected chi connectivity index (χ4v) is 3.24. The Labute approximate surface area is 140 Å². The maximum absolute atomic E-state index is 5.41. The van der Waals surface area contributed by atoms with Crippen molar-refractivity contribution in [3.8, 4) is 16.2 Å². The van der Waals surface area contributed by atoms with Gasteiger partial charge in [0.15, 0.2) is 0 Å². The van der Waals surface area contributed by atoms with Crippen molar-refractivity contribution in [3.63, 3.8) is 0 Å². The molecule has 0 fully saturated rings. The molecule has 0 saturated heterocycles. The number of nitrogens with one attached hydrogen (secondary N) is 1. The summed E-state index contributed by atoms with van der Waals surface area (Å²) in [5, 5.41) is 4.50. The van der Waals surface area contributed by atoms with Crippen molar-refractivity contribution < 1.29 is 4.74 Å². The number of para-hydroxylation sites is 1. The van der Waals surface area contributed by atoms with Gasteiger partial charge in [-0.25, -0.2) is 4.98 Å². The quantitative estimate of drug-likeness (QED) is 0.675. The fourth-order valence-electron chi connectivity index (χ4n) is 2.32. The summed E-state index contributed by atoms with van der Waals surface area (Å²) in [5.74, 6) is 0.880. The van der Waals surface area contributed by atoms with Crippen molar-refractivity contribution in [3.05, 3.63) is 65.6 Å². The lowest BCUT2D eigenvalue weighted by atomic mass is 10.2. The molecule has 23 heavy (non-hydrogen) atoms. The van der Waals surface area contributed by atoms with Gasteiger partial charge in [0.25, 0.3) is 0 Å². The van der Waals surface area contributed by atoms with Gasteiger partial charge in [0.1, 0.15) is 10.8 Å². The van der Waals surface area contributed by atoms with Gasteiger partial charge < -0.3 is 10.1 Å². The van der Waals surface area contributed by atoms with E-state index in [2.05, 4.69) is 21.4 Å². The topological polar surface area (TPSA) is 47.0 Å². The van der Waals surface area contributed by atoms with Crippen LogP contribution in [0.2, 0.25) is 0 Å². The Bertz CT molecular complexity index is 743. The molecule has 0 aliphatic rings. The van der Waals surface area contributed by atoms with E-state index in [4.69, 9.17) is 4.74 Å². The molecule has 0 amide bonds. The van der Waals surface area contributed by atoms with Crippen LogP contribution in [-0.2, 0) is 13.0 Å². The van der Waals surface area contributed by atoms with Gasteiger partial charge in [0.2, 0.25) is 0 Å². The van der Waals surface area contributed by atoms with E-state index in [0.29, 0.717) is 0 Å². The molecule has 0 saturated carbocycles. The first-order chi connectivity index (χ1) is 11.4. The molecule has 3 aromatic rings. The number of ether oxygens (including phenoxy) is 1. The fraction of sp³-hybridized carbons (Fsp3) is 0.222. The van der Waals surface area contributed by atoms with Crippen LogP contribution in [0.1, 0.15) is 10.7 Å². The average Bonchev–Trinajstić information content (AvgIpc) is 3.08. The monoisotopic (exact) mass is 325 g/mol. The van der Waals surface area contributed by atoms with E-state index in [1.165, 1.54) is 0 Å². The van der Waals surface area contributed by atoms with Crippen molar-refractivity contribution in [1.82, 2.24) is 15.3 Å². The number of nitrogens with zero attached hydrogens (tertiary/aromatic N) is 2. The number of thiazole rings is 1. The Morgan fingerprint density at radius 1 is 1.09 bits per heavy atom. The number of benzene rings is 1. The Morgan fingerprint density at radius 2 is 1.96 bits per heavy atom. The maximum atomic E-state index is 5.41. The third-order valence-electron chi connectivity index (χ3n) is 3.49. The second-order valence-electron chi connectivity index (χ2n) is 5.07. The highest BCUT2D eigenvalue weighted by Gasteiger charge is 2.08. The standard InChI is InChI=1S/C18H19N3OS/c1-22-16-8-3-2-7-15(16)17-12-21-18(23-17)13-19-11-9-14-6-4-5-10-20-14/h2-8,10,12,19H,9,11,13H2,1H3. The summed E-state index contributed by atoms with van der Waals surface area (Å²) in [4.78, 5) is 9.95. The van der Waals surface area contributed by atoms with Crippen LogP contribution in [-0.4, -0.2) is 23.6 Å². The molecule has 0 unspecified atom stereocenters. The lowest BCUT2D eigenvalue weighted by Crippen LogP contribution is -2.16. The van der Waals surface area contributed by atoms with Crippen LogP contribution in [0.3, 0.4) is 0 Å². The number of rotatable bonds is 7. The van der Waals surface area contributed by atoms with E-state index < -0.39 is 0 Å². The van der Waals surface area contributed by atoms with Crippen LogP contribution in [0.5, 0.6) is 5.75 Å². The zero-order valence-electron chi connectivity index (χ0n) is 13.0. The van der Waals surface area contributed by atoms with E-state index in [1.54, 1.807) is 18.4 Å². The molecule has 1 N–H and O–H groups in total. The molecule has 0 spiro atoms. The van der Waals surface area contributed by atoms with E-state index in [0.717, 1.165) is 46.4 Å². The Morgan fingerprint density at radius 3 is 2.78 bits per heavy atom. The van der Waals surface area contributed by atoms with Crippen molar-refractivity contribution >= 4 is 11.3 Å². The lowest BCUT2D eigenvalue weighted by molar-refractivity contribution is 0.416. The first kappa shape index (κ1) is 15.6. The second-order valence-corrected chi connectivity index (χ2v) is 6.18. The molecule has 118 valence electrons. The summed E-state index contributed by atoms with van der Waals surface area (Å²) < 4.78 is 5.41. The van der Waals surface area contributed by atoms with E-state index in [1.807, 2.05) is 48.8 Å². The summed E-state index contributed by atoms with van der Waals surface area (Å²) in [6.07, 6.45) is 4.67. The molecule has 2 heterocycles. The molecule has 5 heteroatoms. The summed E-state index contributed by atoms with van der Waals surface area (Å²) in [6, 6.07) is 14.0. The SMILES string of the molecule is COc1ccccc1-c1cnc(CNCCc2ccccn2)s1. The van der Waals surface area contributed by atoms with Crippen LogP contribution in [0.4, 0.5) is 0 Å². The van der Waals surface area contributed by atoms with Crippen LogP contribution < -0.4 is 10.1 Å². The largest absolute Gasteiger partial charge is 0.496 e. The van der Waals surface area contributed by atoms with E-state index >= 15 is 0 Å². The van der Waals surface area contributed by atoms with Crippen molar-refractivity contribution in [2.45, 2.75) is 13.0 Å². The summed E-state index contributed by atoms with van der Waals surface area (Å²) in [7, 11) is 1.69. The zero-order valence-corrected chi connectivity index (χ0v) is 13.8. The van der Waals surface area contributed by atoms with Gasteiger partial charge in [0.05, 0.1) is 12.0 Å². The smallest absolute Gasteiger partial charge is 0.127 e. The highest BCUT2D eigenvalue weighted by atomic mass is 32.1. The average molecular weight is 325 g/mol. The van der Waals surface area contributed by atoms with Crippen LogP contribution >= 0.6 is 11.3 Å². The van der Waals surface area contributed by atoms with Crippen molar-refractivity contribution in [2.24, 2.45) is 0 Å². The van der Waals surface area contributed by atoms with Crippen LogP contribution in [0.25, 0.3) is 10.4 Å². The molecular weight excluding hydrogens is 306 g/mol. The Balaban J connectivity index is 1.55. The third kappa shape index (κ3) is 4.15. The van der Waals surface area contributed by atoms with Gasteiger partial charge in [-0.05, 0) is 24.3 Å². The molecule has 0 radical (unpaired) electrons. The minimum Gasteiger partial charge on any atom is -0.496 e. The number of pyridine rings is 1. The molecule has 2 aromatic heterocycles. The van der Waals surface area contributed by atoms with Gasteiger partial charge in [0, 0.05) is 43.2 Å². The van der Waals surface area contributed by atoms with Gasteiger partial charge in [-0.2, -0.15) is 0 Å². The Hall–Kier alpha value is -2.24.